The van der Waals surface area contributed by atoms with Crippen LogP contribution in [0.2, 0.25) is 5.02 Å². The average Bonchev–Trinajstić information content (AvgIpc) is 2.55. The van der Waals surface area contributed by atoms with E-state index in [1.807, 2.05) is 32.0 Å². The number of rotatable bonds is 6. The minimum Gasteiger partial charge on any atom is -0.348 e. The molecule has 1 atom stereocenters. The third-order valence-corrected chi connectivity index (χ3v) is 3.74. The van der Waals surface area contributed by atoms with Gasteiger partial charge >= 0.3 is 0 Å². The highest BCUT2D eigenvalue weighted by molar-refractivity contribution is 6.33. The maximum Gasteiger partial charge on any atom is 0.271 e. The number of aromatic nitrogens is 2. The summed E-state index contributed by atoms with van der Waals surface area (Å²) in [4.78, 5) is 32.9. The number of nitrogens with zero attached hydrogens (tertiary/aromatic N) is 2. The molecule has 1 aromatic carbocycles. The number of carbonyl (C=O) groups excluding carboxylic acids is 2. The number of nitrogens with one attached hydrogen (secondary N) is 1. The van der Waals surface area contributed by atoms with Crippen LogP contribution in [0, 0.1) is 0 Å². The van der Waals surface area contributed by atoms with E-state index in [2.05, 4.69) is 15.3 Å². The molecule has 0 fully saturated rings. The molecule has 24 heavy (non-hydrogen) atoms. The molecule has 1 N–H and O–H groups in total. The van der Waals surface area contributed by atoms with E-state index in [1.54, 1.807) is 19.1 Å². The van der Waals surface area contributed by atoms with Gasteiger partial charge in [-0.2, -0.15) is 0 Å². The highest BCUT2D eigenvalue weighted by atomic mass is 35.5. The van der Waals surface area contributed by atoms with Gasteiger partial charge in [-0.3, -0.25) is 9.59 Å². The van der Waals surface area contributed by atoms with Gasteiger partial charge in [0.15, 0.2) is 5.78 Å². The molecule has 0 spiro atoms. The van der Waals surface area contributed by atoms with Crippen molar-refractivity contribution in [2.45, 2.75) is 39.2 Å². The molecule has 0 saturated carbocycles. The third kappa shape index (κ3) is 4.61. The van der Waals surface area contributed by atoms with E-state index < -0.39 is 5.91 Å². The van der Waals surface area contributed by atoms with Crippen LogP contribution in [0.5, 0.6) is 0 Å². The SMILES string of the molecule is CC(C)c1ncc(Cl)c(C(=O)N[C@@H](C)CC(=O)c2ccccc2)n1. The predicted molar refractivity (Wildman–Crippen MR) is 93.4 cm³/mol. The molecule has 0 aliphatic carbocycles. The lowest BCUT2D eigenvalue weighted by molar-refractivity contribution is 0.0914. The summed E-state index contributed by atoms with van der Waals surface area (Å²) in [6, 6.07) is 8.65. The molecular formula is C18H20ClN3O2. The Morgan fingerprint density at radius 2 is 1.83 bits per heavy atom. The zero-order valence-corrected chi connectivity index (χ0v) is 14.7. The zero-order chi connectivity index (χ0) is 17.7. The summed E-state index contributed by atoms with van der Waals surface area (Å²) in [5, 5.41) is 2.96. The molecule has 0 aliphatic rings. The number of hydrogen-bond donors (Lipinski definition) is 1. The normalized spacial score (nSPS) is 12.0. The maximum atomic E-state index is 12.4. The molecule has 5 nitrogen and oxygen atoms in total. The van der Waals surface area contributed by atoms with Gasteiger partial charge in [0.05, 0.1) is 11.2 Å². The fourth-order valence-corrected chi connectivity index (χ4v) is 2.36. The van der Waals surface area contributed by atoms with E-state index in [9.17, 15) is 9.59 Å². The Kier molecular flexibility index (Phi) is 6.04. The van der Waals surface area contributed by atoms with Crippen LogP contribution < -0.4 is 5.32 Å². The van der Waals surface area contributed by atoms with Crippen molar-refractivity contribution in [3.05, 3.63) is 58.6 Å². The van der Waals surface area contributed by atoms with Crippen LogP contribution in [-0.2, 0) is 0 Å². The largest absolute Gasteiger partial charge is 0.348 e. The Morgan fingerprint density at radius 3 is 2.46 bits per heavy atom. The van der Waals surface area contributed by atoms with Crippen molar-refractivity contribution in [2.75, 3.05) is 0 Å². The summed E-state index contributed by atoms with van der Waals surface area (Å²) in [5.41, 5.74) is 0.759. The summed E-state index contributed by atoms with van der Waals surface area (Å²) in [5.74, 6) is 0.209. The van der Waals surface area contributed by atoms with Crippen LogP contribution in [-0.4, -0.2) is 27.7 Å². The topological polar surface area (TPSA) is 72.0 Å². The second-order valence-electron chi connectivity index (χ2n) is 5.95. The van der Waals surface area contributed by atoms with Gasteiger partial charge in [-0.15, -0.1) is 0 Å². The first-order chi connectivity index (χ1) is 11.4. The summed E-state index contributed by atoms with van der Waals surface area (Å²) in [7, 11) is 0. The van der Waals surface area contributed by atoms with Crippen molar-refractivity contribution < 1.29 is 9.59 Å². The Hall–Kier alpha value is -2.27. The number of hydrogen-bond acceptors (Lipinski definition) is 4. The second-order valence-corrected chi connectivity index (χ2v) is 6.35. The Balaban J connectivity index is 2.04. The van der Waals surface area contributed by atoms with Gasteiger partial charge in [0.25, 0.3) is 5.91 Å². The zero-order valence-electron chi connectivity index (χ0n) is 13.9. The summed E-state index contributed by atoms with van der Waals surface area (Å²) in [6.07, 6.45) is 1.63. The summed E-state index contributed by atoms with van der Waals surface area (Å²) < 4.78 is 0. The van der Waals surface area contributed by atoms with Gasteiger partial charge in [-0.1, -0.05) is 55.8 Å². The molecule has 2 aromatic rings. The molecule has 1 heterocycles. The average molecular weight is 346 g/mol. The highest BCUT2D eigenvalue weighted by Gasteiger charge is 2.19. The first-order valence-corrected chi connectivity index (χ1v) is 8.17. The van der Waals surface area contributed by atoms with Crippen molar-refractivity contribution >= 4 is 23.3 Å². The van der Waals surface area contributed by atoms with Crippen LogP contribution >= 0.6 is 11.6 Å². The lowest BCUT2D eigenvalue weighted by atomic mass is 10.0. The van der Waals surface area contributed by atoms with E-state index >= 15 is 0 Å². The fraction of sp³-hybridized carbons (Fsp3) is 0.333. The van der Waals surface area contributed by atoms with Crippen LogP contribution in [0.4, 0.5) is 0 Å². The lowest BCUT2D eigenvalue weighted by Crippen LogP contribution is -2.35. The number of amides is 1. The molecular weight excluding hydrogens is 326 g/mol. The Bertz CT molecular complexity index is 732. The number of ketones is 1. The molecule has 2 rings (SSSR count). The molecule has 126 valence electrons. The fourth-order valence-electron chi connectivity index (χ4n) is 2.18. The van der Waals surface area contributed by atoms with Crippen LogP contribution in [0.1, 0.15) is 59.8 Å². The highest BCUT2D eigenvalue weighted by Crippen LogP contribution is 2.16. The molecule has 0 aliphatic heterocycles. The standard InChI is InChI=1S/C18H20ClN3O2/c1-11(2)17-20-10-14(19)16(22-17)18(24)21-12(3)9-15(23)13-7-5-4-6-8-13/h4-8,10-12H,9H2,1-3H3,(H,21,24)/t12-/m0/s1. The van der Waals surface area contributed by atoms with Crippen molar-refractivity contribution in [2.24, 2.45) is 0 Å². The monoisotopic (exact) mass is 345 g/mol. The van der Waals surface area contributed by atoms with Crippen LogP contribution in [0.15, 0.2) is 36.5 Å². The summed E-state index contributed by atoms with van der Waals surface area (Å²) >= 11 is 6.03. The Morgan fingerprint density at radius 1 is 1.17 bits per heavy atom. The van der Waals surface area contributed by atoms with Gasteiger partial charge in [0, 0.05) is 23.9 Å². The van der Waals surface area contributed by atoms with Crippen LogP contribution in [0.25, 0.3) is 0 Å². The van der Waals surface area contributed by atoms with E-state index in [4.69, 9.17) is 11.6 Å². The minimum atomic E-state index is -0.405. The van der Waals surface area contributed by atoms with Crippen molar-refractivity contribution in [3.8, 4) is 0 Å². The van der Waals surface area contributed by atoms with Gasteiger partial charge in [0.2, 0.25) is 0 Å². The second kappa shape index (κ2) is 8.02. The van der Waals surface area contributed by atoms with Gasteiger partial charge in [-0.25, -0.2) is 9.97 Å². The Labute approximate surface area is 146 Å². The van der Waals surface area contributed by atoms with E-state index in [-0.39, 0.29) is 34.9 Å². The molecule has 0 bridgehead atoms. The van der Waals surface area contributed by atoms with E-state index in [1.165, 1.54) is 6.20 Å². The maximum absolute atomic E-state index is 12.4. The summed E-state index contributed by atoms with van der Waals surface area (Å²) in [6.45, 7) is 5.65. The first-order valence-electron chi connectivity index (χ1n) is 7.80. The van der Waals surface area contributed by atoms with Gasteiger partial charge in [-0.05, 0) is 6.92 Å². The number of carbonyl (C=O) groups is 2. The molecule has 0 unspecified atom stereocenters. The molecule has 0 saturated heterocycles. The van der Waals surface area contributed by atoms with Crippen molar-refractivity contribution in [1.82, 2.24) is 15.3 Å². The first kappa shape index (κ1) is 18.1. The quantitative estimate of drug-likeness (QED) is 0.811. The van der Waals surface area contributed by atoms with E-state index in [0.717, 1.165) is 0 Å². The molecule has 6 heteroatoms. The number of halogens is 1. The predicted octanol–water partition coefficient (Wildman–Crippen LogP) is 3.64. The minimum absolute atomic E-state index is 0.0277. The van der Waals surface area contributed by atoms with Crippen LogP contribution in [0.3, 0.4) is 0 Å². The van der Waals surface area contributed by atoms with Crippen molar-refractivity contribution in [1.29, 1.82) is 0 Å². The van der Waals surface area contributed by atoms with Crippen molar-refractivity contribution in [3.63, 3.8) is 0 Å². The van der Waals surface area contributed by atoms with Gasteiger partial charge < -0.3 is 5.32 Å². The number of Topliss-reactive ketones (excluding diaryl/α,β-unsaturated/α-hetero) is 1. The number of benzene rings is 1. The molecule has 0 radical (unpaired) electrons. The third-order valence-electron chi connectivity index (χ3n) is 3.46. The lowest BCUT2D eigenvalue weighted by Gasteiger charge is -2.14. The molecule has 1 amide bonds. The molecule has 1 aromatic heterocycles. The van der Waals surface area contributed by atoms with E-state index in [0.29, 0.717) is 11.4 Å². The van der Waals surface area contributed by atoms with Gasteiger partial charge in [0.1, 0.15) is 11.5 Å². The smallest absolute Gasteiger partial charge is 0.271 e.